The molecule has 0 heterocycles. The van der Waals surface area contributed by atoms with Crippen molar-refractivity contribution < 1.29 is 4.43 Å². The van der Waals surface area contributed by atoms with Crippen molar-refractivity contribution in [3.8, 4) is 0 Å². The molecule has 0 radical (unpaired) electrons. The first-order chi connectivity index (χ1) is 4.99. The maximum absolute atomic E-state index is 6.05. The Kier molecular flexibility index (Phi) is 2.76. The van der Waals surface area contributed by atoms with Gasteiger partial charge < -0.3 is 4.43 Å². The lowest BCUT2D eigenvalue weighted by atomic mass is 10.1. The minimum atomic E-state index is -1.26. The summed E-state index contributed by atoms with van der Waals surface area (Å²) in [6.07, 6.45) is 4.62. The van der Waals surface area contributed by atoms with Crippen LogP contribution in [0, 0.1) is 5.92 Å². The van der Waals surface area contributed by atoms with Crippen molar-refractivity contribution in [1.29, 1.82) is 0 Å². The second kappa shape index (κ2) is 3.28. The van der Waals surface area contributed by atoms with Crippen molar-refractivity contribution in [3.05, 3.63) is 0 Å². The summed E-state index contributed by atoms with van der Waals surface area (Å²) < 4.78 is 6.05. The summed E-state index contributed by atoms with van der Waals surface area (Å²) in [6.45, 7) is 9.14. The minimum Gasteiger partial charge on any atom is -0.414 e. The van der Waals surface area contributed by atoms with Gasteiger partial charge in [-0.2, -0.15) is 0 Å². The van der Waals surface area contributed by atoms with Crippen LogP contribution in [-0.2, 0) is 4.43 Å². The smallest absolute Gasteiger partial charge is 0.184 e. The first-order valence-corrected chi connectivity index (χ1v) is 8.08. The molecule has 0 spiro atoms. The van der Waals surface area contributed by atoms with E-state index in [0.717, 1.165) is 5.92 Å². The average molecular weight is 172 g/mol. The predicted molar refractivity (Wildman–Crippen MR) is 51.2 cm³/mol. The highest BCUT2D eigenvalue weighted by molar-refractivity contribution is 6.69. The molecule has 0 aromatic carbocycles. The van der Waals surface area contributed by atoms with E-state index in [2.05, 4.69) is 26.6 Å². The lowest BCUT2D eigenvalue weighted by Gasteiger charge is -2.25. The fraction of sp³-hybridized carbons (Fsp3) is 1.00. The maximum atomic E-state index is 6.05. The molecule has 11 heavy (non-hydrogen) atoms. The van der Waals surface area contributed by atoms with Gasteiger partial charge >= 0.3 is 0 Å². The lowest BCUT2D eigenvalue weighted by molar-refractivity contribution is 0.160. The zero-order chi connectivity index (χ0) is 8.48. The van der Waals surface area contributed by atoms with Crippen LogP contribution in [0.4, 0.5) is 0 Å². The van der Waals surface area contributed by atoms with Gasteiger partial charge in [-0.15, -0.1) is 0 Å². The van der Waals surface area contributed by atoms with Crippen LogP contribution in [0.3, 0.4) is 0 Å². The van der Waals surface area contributed by atoms with Gasteiger partial charge in [-0.05, 0) is 38.4 Å². The van der Waals surface area contributed by atoms with Crippen molar-refractivity contribution in [2.24, 2.45) is 5.92 Å². The first-order valence-electron chi connectivity index (χ1n) is 4.67. The van der Waals surface area contributed by atoms with Crippen molar-refractivity contribution in [1.82, 2.24) is 0 Å². The van der Waals surface area contributed by atoms with Crippen molar-refractivity contribution >= 4 is 8.32 Å². The zero-order valence-corrected chi connectivity index (χ0v) is 9.18. The van der Waals surface area contributed by atoms with Crippen molar-refractivity contribution in [2.45, 2.75) is 51.9 Å². The average Bonchev–Trinajstić information content (AvgIpc) is 2.12. The van der Waals surface area contributed by atoms with Gasteiger partial charge in [-0.3, -0.25) is 0 Å². The molecule has 0 N–H and O–H groups in total. The fourth-order valence-corrected chi connectivity index (χ4v) is 3.00. The summed E-state index contributed by atoms with van der Waals surface area (Å²) in [5.74, 6) is 0.807. The fourth-order valence-electron chi connectivity index (χ4n) is 1.74. The molecule has 66 valence electrons. The Labute approximate surface area is 71.3 Å². The predicted octanol–water partition coefficient (Wildman–Crippen LogP) is 3.03. The van der Waals surface area contributed by atoms with E-state index in [4.69, 9.17) is 4.43 Å². The molecule has 1 rings (SSSR count). The van der Waals surface area contributed by atoms with Crippen LogP contribution >= 0.6 is 0 Å². The van der Waals surface area contributed by atoms with Crippen LogP contribution in [0.1, 0.15) is 26.2 Å². The third-order valence-corrected chi connectivity index (χ3v) is 3.30. The van der Waals surface area contributed by atoms with E-state index >= 15 is 0 Å². The molecule has 0 amide bonds. The molecule has 1 aliphatic carbocycles. The molecule has 0 aliphatic heterocycles. The molecular formula is C9H20OSi. The molecule has 0 aromatic rings. The highest BCUT2D eigenvalue weighted by Gasteiger charge is 2.28. The Bertz CT molecular complexity index is 128. The summed E-state index contributed by atoms with van der Waals surface area (Å²) in [7, 11) is -1.26. The highest BCUT2D eigenvalue weighted by Crippen LogP contribution is 2.29. The van der Waals surface area contributed by atoms with Gasteiger partial charge in [-0.25, -0.2) is 0 Å². The van der Waals surface area contributed by atoms with Crippen LogP contribution in [0.15, 0.2) is 0 Å². The second-order valence-corrected chi connectivity index (χ2v) is 9.14. The number of hydrogen-bond donors (Lipinski definition) is 0. The third-order valence-electron chi connectivity index (χ3n) is 2.29. The quantitative estimate of drug-likeness (QED) is 0.582. The summed E-state index contributed by atoms with van der Waals surface area (Å²) in [5, 5.41) is 0. The van der Waals surface area contributed by atoms with E-state index in [1.807, 2.05) is 0 Å². The van der Waals surface area contributed by atoms with Crippen LogP contribution in [0.25, 0.3) is 0 Å². The Morgan fingerprint density at radius 3 is 2.18 bits per heavy atom. The molecule has 2 heteroatoms. The van der Waals surface area contributed by atoms with Crippen LogP contribution < -0.4 is 0 Å². The van der Waals surface area contributed by atoms with Crippen molar-refractivity contribution in [2.75, 3.05) is 0 Å². The summed E-state index contributed by atoms with van der Waals surface area (Å²) in [5.41, 5.74) is 0. The van der Waals surface area contributed by atoms with E-state index in [-0.39, 0.29) is 0 Å². The Hall–Kier alpha value is 0.177. The molecule has 0 unspecified atom stereocenters. The Morgan fingerprint density at radius 2 is 1.82 bits per heavy atom. The van der Waals surface area contributed by atoms with E-state index in [1.165, 1.54) is 19.3 Å². The van der Waals surface area contributed by atoms with Gasteiger partial charge in [0.15, 0.2) is 8.32 Å². The standard InChI is InChI=1S/C9H20OSi/c1-8-6-5-7-9(8)10-11(2,3)4/h8-9H,5-7H2,1-4H3/t8-,9-/m0/s1. The van der Waals surface area contributed by atoms with Crippen molar-refractivity contribution in [3.63, 3.8) is 0 Å². The van der Waals surface area contributed by atoms with E-state index < -0.39 is 8.32 Å². The Balaban J connectivity index is 2.37. The topological polar surface area (TPSA) is 9.23 Å². The first kappa shape index (κ1) is 9.27. The molecule has 1 nitrogen and oxygen atoms in total. The normalized spacial score (nSPS) is 32.7. The summed E-state index contributed by atoms with van der Waals surface area (Å²) >= 11 is 0. The SMILES string of the molecule is C[C@H]1CCC[C@@H]1O[Si](C)(C)C. The largest absolute Gasteiger partial charge is 0.414 e. The molecule has 1 aliphatic rings. The molecule has 1 saturated carbocycles. The van der Waals surface area contributed by atoms with E-state index in [9.17, 15) is 0 Å². The molecule has 2 atom stereocenters. The summed E-state index contributed by atoms with van der Waals surface area (Å²) in [4.78, 5) is 0. The van der Waals surface area contributed by atoms with Gasteiger partial charge in [0.25, 0.3) is 0 Å². The van der Waals surface area contributed by atoms with Crippen LogP contribution in [-0.4, -0.2) is 14.4 Å². The second-order valence-electron chi connectivity index (χ2n) is 4.68. The van der Waals surface area contributed by atoms with Gasteiger partial charge in [-0.1, -0.05) is 13.3 Å². The lowest BCUT2D eigenvalue weighted by Crippen LogP contribution is -2.33. The molecule has 0 aromatic heterocycles. The summed E-state index contributed by atoms with van der Waals surface area (Å²) in [6, 6.07) is 0. The zero-order valence-electron chi connectivity index (χ0n) is 8.18. The van der Waals surface area contributed by atoms with E-state index in [1.54, 1.807) is 0 Å². The monoisotopic (exact) mass is 172 g/mol. The van der Waals surface area contributed by atoms with Gasteiger partial charge in [0.2, 0.25) is 0 Å². The molecule has 0 bridgehead atoms. The van der Waals surface area contributed by atoms with Gasteiger partial charge in [0.05, 0.1) is 0 Å². The van der Waals surface area contributed by atoms with Gasteiger partial charge in [0, 0.05) is 6.10 Å². The van der Waals surface area contributed by atoms with E-state index in [0.29, 0.717) is 6.10 Å². The molecule has 1 fully saturated rings. The van der Waals surface area contributed by atoms with Crippen LogP contribution in [0.2, 0.25) is 19.6 Å². The Morgan fingerprint density at radius 1 is 1.18 bits per heavy atom. The number of hydrogen-bond acceptors (Lipinski definition) is 1. The van der Waals surface area contributed by atoms with Crippen LogP contribution in [0.5, 0.6) is 0 Å². The molecule has 0 saturated heterocycles. The third kappa shape index (κ3) is 2.95. The number of rotatable bonds is 2. The minimum absolute atomic E-state index is 0.585. The van der Waals surface area contributed by atoms with Gasteiger partial charge in [0.1, 0.15) is 0 Å². The highest BCUT2D eigenvalue weighted by atomic mass is 28.4. The maximum Gasteiger partial charge on any atom is 0.184 e. The molecular weight excluding hydrogens is 152 g/mol.